The Kier molecular flexibility index (Phi) is 3.31. The van der Waals surface area contributed by atoms with Crippen LogP contribution in [0.3, 0.4) is 0 Å². The minimum absolute atomic E-state index is 0.161. The van der Waals surface area contributed by atoms with Crippen molar-refractivity contribution in [2.24, 2.45) is 0 Å². The monoisotopic (exact) mass is 277 g/mol. The maximum Gasteiger partial charge on any atom is 0.325 e. The van der Waals surface area contributed by atoms with Crippen LogP contribution in [0.2, 0.25) is 0 Å². The molecule has 1 fully saturated rings. The topological polar surface area (TPSA) is 76.1 Å². The first-order chi connectivity index (χ1) is 9.65. The Labute approximate surface area is 115 Å². The molecule has 2 aliphatic rings. The molecule has 0 radical (unpaired) electrons. The van der Waals surface area contributed by atoms with E-state index >= 15 is 0 Å². The number of rotatable bonds is 3. The average molecular weight is 277 g/mol. The van der Waals surface area contributed by atoms with Crippen molar-refractivity contribution in [1.29, 1.82) is 0 Å². The molecule has 1 unspecified atom stereocenters. The molecular weight excluding hydrogens is 262 g/mol. The molecule has 0 spiro atoms. The van der Waals surface area contributed by atoms with Gasteiger partial charge in [0.2, 0.25) is 6.79 Å². The van der Waals surface area contributed by atoms with Gasteiger partial charge in [0.15, 0.2) is 11.5 Å². The molecule has 2 heterocycles. The zero-order valence-corrected chi connectivity index (χ0v) is 10.9. The highest BCUT2D eigenvalue weighted by atomic mass is 16.7. The van der Waals surface area contributed by atoms with Gasteiger partial charge in [-0.05, 0) is 17.7 Å². The minimum atomic E-state index is -0.918. The normalized spacial score (nSPS) is 19.9. The third-order valence-corrected chi connectivity index (χ3v) is 3.67. The number of benzene rings is 1. The van der Waals surface area contributed by atoms with E-state index in [1.165, 1.54) is 0 Å². The Hall–Kier alpha value is -2.08. The van der Waals surface area contributed by atoms with Crippen LogP contribution >= 0.6 is 0 Å². The average Bonchev–Trinajstić information content (AvgIpc) is 2.88. The van der Waals surface area contributed by atoms with Gasteiger partial charge in [0, 0.05) is 25.9 Å². The van der Waals surface area contributed by atoms with Crippen molar-refractivity contribution in [3.05, 3.63) is 23.8 Å². The van der Waals surface area contributed by atoms with Crippen LogP contribution in [0.25, 0.3) is 0 Å². The van der Waals surface area contributed by atoms with Crippen LogP contribution in [-0.4, -0.2) is 41.6 Å². The molecule has 1 aromatic carbocycles. The van der Waals surface area contributed by atoms with Crippen LogP contribution in [0.1, 0.15) is 24.4 Å². The van der Waals surface area contributed by atoms with Crippen LogP contribution < -0.4 is 9.47 Å². The summed E-state index contributed by atoms with van der Waals surface area (Å²) in [5.41, 5.74) is 0.649. The van der Waals surface area contributed by atoms with Crippen molar-refractivity contribution in [2.45, 2.75) is 18.9 Å². The SMILES string of the molecule is O=C1CCN(C(C(=O)O)c2ccc3c(c2)OCO3)CC1. The van der Waals surface area contributed by atoms with Gasteiger partial charge in [0.25, 0.3) is 0 Å². The molecule has 6 heteroatoms. The van der Waals surface area contributed by atoms with Gasteiger partial charge in [0.05, 0.1) is 0 Å². The van der Waals surface area contributed by atoms with E-state index in [0.29, 0.717) is 43.0 Å². The highest BCUT2D eigenvalue weighted by Gasteiger charge is 2.31. The second kappa shape index (κ2) is 5.13. The molecule has 0 amide bonds. The summed E-state index contributed by atoms with van der Waals surface area (Å²) in [5.74, 6) is 0.475. The molecule has 1 N–H and O–H groups in total. The van der Waals surface area contributed by atoms with Gasteiger partial charge >= 0.3 is 5.97 Å². The lowest BCUT2D eigenvalue weighted by Gasteiger charge is -2.31. The van der Waals surface area contributed by atoms with E-state index in [1.807, 2.05) is 4.90 Å². The quantitative estimate of drug-likeness (QED) is 0.895. The Morgan fingerprint density at radius 1 is 1.20 bits per heavy atom. The van der Waals surface area contributed by atoms with Crippen molar-refractivity contribution < 1.29 is 24.2 Å². The van der Waals surface area contributed by atoms with Gasteiger partial charge in [-0.25, -0.2) is 0 Å². The molecule has 6 nitrogen and oxygen atoms in total. The highest BCUT2D eigenvalue weighted by molar-refractivity contribution is 5.80. The molecule has 0 saturated carbocycles. The molecular formula is C14H15NO5. The number of carboxylic acid groups (broad SMARTS) is 1. The summed E-state index contributed by atoms with van der Waals surface area (Å²) in [4.78, 5) is 24.7. The first kappa shape index (κ1) is 12.9. The van der Waals surface area contributed by atoms with E-state index in [4.69, 9.17) is 9.47 Å². The minimum Gasteiger partial charge on any atom is -0.480 e. The standard InChI is InChI=1S/C14H15NO5/c16-10-3-5-15(6-4-10)13(14(17)18)9-1-2-11-12(7-9)20-8-19-11/h1-2,7,13H,3-6,8H2,(H,17,18). The van der Waals surface area contributed by atoms with E-state index in [-0.39, 0.29) is 12.6 Å². The zero-order valence-electron chi connectivity index (χ0n) is 10.9. The predicted octanol–water partition coefficient (Wildman–Crippen LogP) is 1.21. The maximum absolute atomic E-state index is 11.6. The molecule has 1 saturated heterocycles. The number of carbonyl (C=O) groups is 2. The lowest BCUT2D eigenvalue weighted by Crippen LogP contribution is -2.40. The molecule has 1 aromatic rings. The molecule has 0 aliphatic carbocycles. The number of ketones is 1. The number of nitrogens with zero attached hydrogens (tertiary/aromatic N) is 1. The van der Waals surface area contributed by atoms with Crippen molar-refractivity contribution in [3.8, 4) is 11.5 Å². The maximum atomic E-state index is 11.6. The smallest absolute Gasteiger partial charge is 0.325 e. The van der Waals surface area contributed by atoms with Crippen LogP contribution in [0.15, 0.2) is 18.2 Å². The van der Waals surface area contributed by atoms with E-state index in [9.17, 15) is 14.7 Å². The Morgan fingerprint density at radius 2 is 1.90 bits per heavy atom. The van der Waals surface area contributed by atoms with Gasteiger partial charge in [-0.3, -0.25) is 14.5 Å². The van der Waals surface area contributed by atoms with Gasteiger partial charge in [-0.15, -0.1) is 0 Å². The predicted molar refractivity (Wildman–Crippen MR) is 68.8 cm³/mol. The Balaban J connectivity index is 1.87. The number of aliphatic carboxylic acids is 1. The van der Waals surface area contributed by atoms with Gasteiger partial charge in [0.1, 0.15) is 11.8 Å². The largest absolute Gasteiger partial charge is 0.480 e. The van der Waals surface area contributed by atoms with Crippen LogP contribution in [0.4, 0.5) is 0 Å². The summed E-state index contributed by atoms with van der Waals surface area (Å²) in [5, 5.41) is 9.49. The van der Waals surface area contributed by atoms with E-state index in [2.05, 4.69) is 0 Å². The van der Waals surface area contributed by atoms with Crippen LogP contribution in [0, 0.1) is 0 Å². The zero-order chi connectivity index (χ0) is 14.1. The van der Waals surface area contributed by atoms with Crippen molar-refractivity contribution in [3.63, 3.8) is 0 Å². The summed E-state index contributed by atoms with van der Waals surface area (Å²) in [7, 11) is 0. The fourth-order valence-corrected chi connectivity index (χ4v) is 2.62. The fraction of sp³-hybridized carbons (Fsp3) is 0.429. The number of ether oxygens (including phenoxy) is 2. The van der Waals surface area contributed by atoms with Crippen molar-refractivity contribution in [1.82, 2.24) is 4.90 Å². The second-order valence-electron chi connectivity index (χ2n) is 4.93. The van der Waals surface area contributed by atoms with Gasteiger partial charge in [-0.1, -0.05) is 6.07 Å². The number of hydrogen-bond donors (Lipinski definition) is 1. The molecule has 1 atom stereocenters. The molecule has 0 aromatic heterocycles. The lowest BCUT2D eigenvalue weighted by molar-refractivity contribution is -0.145. The van der Waals surface area contributed by atoms with Crippen LogP contribution in [-0.2, 0) is 9.59 Å². The van der Waals surface area contributed by atoms with E-state index in [0.717, 1.165) is 0 Å². The number of likely N-dealkylation sites (tertiary alicyclic amines) is 1. The lowest BCUT2D eigenvalue weighted by atomic mass is 10.0. The Bertz CT molecular complexity index is 546. The fourth-order valence-electron chi connectivity index (χ4n) is 2.62. The summed E-state index contributed by atoms with van der Waals surface area (Å²) in [6, 6.07) is 4.42. The van der Waals surface area contributed by atoms with Gasteiger partial charge in [-0.2, -0.15) is 0 Å². The van der Waals surface area contributed by atoms with Crippen LogP contribution in [0.5, 0.6) is 11.5 Å². The summed E-state index contributed by atoms with van der Waals surface area (Å²) in [6.07, 6.45) is 0.822. The van der Waals surface area contributed by atoms with Crippen molar-refractivity contribution in [2.75, 3.05) is 19.9 Å². The third kappa shape index (κ3) is 2.34. The van der Waals surface area contributed by atoms with E-state index < -0.39 is 12.0 Å². The first-order valence-electron chi connectivity index (χ1n) is 6.53. The number of piperidine rings is 1. The molecule has 20 heavy (non-hydrogen) atoms. The highest BCUT2D eigenvalue weighted by Crippen LogP contribution is 2.36. The second-order valence-corrected chi connectivity index (χ2v) is 4.93. The summed E-state index contributed by atoms with van der Waals surface area (Å²) < 4.78 is 10.5. The molecule has 106 valence electrons. The molecule has 3 rings (SSSR count). The number of fused-ring (bicyclic) bond motifs is 1. The number of Topliss-reactive ketones (excluding diaryl/α,β-unsaturated/α-hetero) is 1. The Morgan fingerprint density at radius 3 is 2.60 bits per heavy atom. The first-order valence-corrected chi connectivity index (χ1v) is 6.53. The number of carbonyl (C=O) groups excluding carboxylic acids is 1. The third-order valence-electron chi connectivity index (χ3n) is 3.67. The number of hydrogen-bond acceptors (Lipinski definition) is 5. The van der Waals surface area contributed by atoms with Crippen molar-refractivity contribution >= 4 is 11.8 Å². The van der Waals surface area contributed by atoms with Gasteiger partial charge < -0.3 is 14.6 Å². The summed E-state index contributed by atoms with van der Waals surface area (Å²) in [6.45, 7) is 1.11. The molecule has 2 aliphatic heterocycles. The summed E-state index contributed by atoms with van der Waals surface area (Å²) >= 11 is 0. The molecule has 0 bridgehead atoms. The van der Waals surface area contributed by atoms with E-state index in [1.54, 1.807) is 18.2 Å². The number of carboxylic acids is 1.